The van der Waals surface area contributed by atoms with Gasteiger partial charge < -0.3 is 4.90 Å². The van der Waals surface area contributed by atoms with E-state index in [4.69, 9.17) is 4.98 Å². The van der Waals surface area contributed by atoms with Crippen LogP contribution in [0.15, 0.2) is 48.5 Å². The number of nitrogens with one attached hydrogen (secondary N) is 1. The van der Waals surface area contributed by atoms with Gasteiger partial charge in [-0.1, -0.05) is 24.3 Å². The molecular formula is C21H20N3O2S+. The molecule has 0 radical (unpaired) electrons. The van der Waals surface area contributed by atoms with E-state index in [9.17, 15) is 9.59 Å². The van der Waals surface area contributed by atoms with E-state index in [0.29, 0.717) is 17.8 Å². The van der Waals surface area contributed by atoms with E-state index in [1.54, 1.807) is 23.5 Å². The number of likely N-dealkylation sites (tertiary alicyclic amines) is 1. The third-order valence-electron chi connectivity index (χ3n) is 5.58. The van der Waals surface area contributed by atoms with Crippen LogP contribution in [0.5, 0.6) is 0 Å². The largest absolute Gasteiger partial charge is 0.309 e. The average molecular weight is 378 g/mol. The average Bonchev–Trinajstić information content (AvgIpc) is 3.24. The summed E-state index contributed by atoms with van der Waals surface area (Å²) in [4.78, 5) is 33.0. The van der Waals surface area contributed by atoms with Crippen molar-refractivity contribution in [3.63, 3.8) is 0 Å². The molecule has 2 aliphatic rings. The molecule has 1 N–H and O–H groups in total. The molecule has 0 spiro atoms. The summed E-state index contributed by atoms with van der Waals surface area (Å²) in [5.41, 5.74) is 2.08. The first-order valence-electron chi connectivity index (χ1n) is 9.37. The van der Waals surface area contributed by atoms with Gasteiger partial charge in [-0.3, -0.25) is 9.59 Å². The van der Waals surface area contributed by atoms with Crippen LogP contribution in [0.2, 0.25) is 0 Å². The maximum Gasteiger partial charge on any atom is 0.265 e. The molecule has 1 unspecified atom stereocenters. The molecule has 0 saturated carbocycles. The first-order chi connectivity index (χ1) is 13.2. The maximum atomic E-state index is 12.7. The van der Waals surface area contributed by atoms with Crippen LogP contribution in [-0.4, -0.2) is 34.9 Å². The first-order valence-corrected chi connectivity index (χ1v) is 10.2. The standard InChI is InChI=1S/C21H19N3O2S/c25-20-14-7-1-2-8-15(14)21(26)24(20)13-23-12-6-5-10-17(23)19-22-16-9-3-4-11-18(16)27-19/h1-4,7-9,11,17H,5-6,10,12-13H2/p+1/t17-/m1/s1. The number of nitrogens with zero attached hydrogens (tertiary/aromatic N) is 2. The maximum absolute atomic E-state index is 12.7. The Kier molecular flexibility index (Phi) is 4.02. The van der Waals surface area contributed by atoms with Crippen molar-refractivity contribution in [1.29, 1.82) is 0 Å². The molecular weight excluding hydrogens is 358 g/mol. The fourth-order valence-corrected chi connectivity index (χ4v) is 5.35. The number of aromatic nitrogens is 1. The fraction of sp³-hybridized carbons (Fsp3) is 0.286. The summed E-state index contributed by atoms with van der Waals surface area (Å²) >= 11 is 1.73. The first kappa shape index (κ1) is 16.6. The summed E-state index contributed by atoms with van der Waals surface area (Å²) in [5.74, 6) is -0.339. The normalized spacial score (nSPS) is 22.4. The highest BCUT2D eigenvalue weighted by Gasteiger charge is 2.40. The summed E-state index contributed by atoms with van der Waals surface area (Å²) < 4.78 is 1.19. The Morgan fingerprint density at radius 3 is 2.44 bits per heavy atom. The predicted octanol–water partition coefficient (Wildman–Crippen LogP) is 2.66. The van der Waals surface area contributed by atoms with Crippen LogP contribution in [-0.2, 0) is 0 Å². The highest BCUT2D eigenvalue weighted by atomic mass is 32.1. The number of hydrogen-bond acceptors (Lipinski definition) is 4. The predicted molar refractivity (Wildman–Crippen MR) is 104 cm³/mol. The number of benzene rings is 2. The van der Waals surface area contributed by atoms with Gasteiger partial charge in [-0.05, 0) is 37.1 Å². The highest BCUT2D eigenvalue weighted by Crippen LogP contribution is 2.29. The van der Waals surface area contributed by atoms with E-state index in [0.717, 1.165) is 36.3 Å². The van der Waals surface area contributed by atoms with Crippen LogP contribution in [0.25, 0.3) is 10.2 Å². The van der Waals surface area contributed by atoms with Gasteiger partial charge in [0, 0.05) is 6.42 Å². The van der Waals surface area contributed by atoms with Crippen LogP contribution in [0.1, 0.15) is 51.0 Å². The lowest BCUT2D eigenvalue weighted by molar-refractivity contribution is -0.943. The van der Waals surface area contributed by atoms with Crippen molar-refractivity contribution in [3.05, 3.63) is 64.7 Å². The smallest absolute Gasteiger partial charge is 0.265 e. The number of carbonyl (C=O) groups is 2. The Balaban J connectivity index is 1.43. The SMILES string of the molecule is O=C1c2ccccc2C(=O)N1C[NH+]1CCCC[C@@H]1c1nc2ccccc2s1. The zero-order valence-electron chi connectivity index (χ0n) is 14.9. The monoisotopic (exact) mass is 378 g/mol. The van der Waals surface area contributed by atoms with Crippen LogP contribution in [0.4, 0.5) is 0 Å². The molecule has 2 aromatic carbocycles. The second-order valence-electron chi connectivity index (χ2n) is 7.22. The number of hydrogen-bond donors (Lipinski definition) is 1. The van der Waals surface area contributed by atoms with E-state index in [2.05, 4.69) is 6.07 Å². The number of carbonyl (C=O) groups excluding carboxylic acids is 2. The number of amides is 2. The van der Waals surface area contributed by atoms with Crippen LogP contribution in [0, 0.1) is 0 Å². The van der Waals surface area contributed by atoms with Crippen molar-refractivity contribution in [2.45, 2.75) is 25.3 Å². The minimum Gasteiger partial charge on any atom is -0.309 e. The zero-order chi connectivity index (χ0) is 18.4. The lowest BCUT2D eigenvalue weighted by Crippen LogP contribution is -3.14. The minimum absolute atomic E-state index is 0.170. The summed E-state index contributed by atoms with van der Waals surface area (Å²) in [5, 5.41) is 1.11. The van der Waals surface area contributed by atoms with E-state index >= 15 is 0 Å². The quantitative estimate of drug-likeness (QED) is 0.713. The Hall–Kier alpha value is -2.57. The molecule has 2 amide bonds. The van der Waals surface area contributed by atoms with Crippen LogP contribution >= 0.6 is 11.3 Å². The molecule has 1 saturated heterocycles. The van der Waals surface area contributed by atoms with Gasteiger partial charge in [-0.25, -0.2) is 9.88 Å². The van der Waals surface area contributed by atoms with Crippen molar-refractivity contribution >= 4 is 33.4 Å². The van der Waals surface area contributed by atoms with Crippen molar-refractivity contribution in [1.82, 2.24) is 9.88 Å². The fourth-order valence-electron chi connectivity index (χ4n) is 4.19. The number of fused-ring (bicyclic) bond motifs is 2. The van der Waals surface area contributed by atoms with Gasteiger partial charge in [0.1, 0.15) is 6.04 Å². The molecule has 136 valence electrons. The van der Waals surface area contributed by atoms with Gasteiger partial charge in [-0.2, -0.15) is 0 Å². The molecule has 2 aliphatic heterocycles. The van der Waals surface area contributed by atoms with E-state index < -0.39 is 0 Å². The zero-order valence-corrected chi connectivity index (χ0v) is 15.7. The molecule has 1 aromatic heterocycles. The molecule has 5 rings (SSSR count). The van der Waals surface area contributed by atoms with E-state index in [1.165, 1.54) is 14.5 Å². The van der Waals surface area contributed by atoms with Crippen molar-refractivity contribution in [2.75, 3.05) is 13.2 Å². The lowest BCUT2D eigenvalue weighted by atomic mass is 10.0. The number of quaternary nitrogens is 1. The van der Waals surface area contributed by atoms with Crippen molar-refractivity contribution < 1.29 is 14.5 Å². The van der Waals surface area contributed by atoms with E-state index in [-0.39, 0.29) is 17.9 Å². The summed E-state index contributed by atoms with van der Waals surface area (Å²) in [6, 6.07) is 15.5. The lowest BCUT2D eigenvalue weighted by Gasteiger charge is -2.33. The van der Waals surface area contributed by atoms with Crippen LogP contribution < -0.4 is 4.90 Å². The van der Waals surface area contributed by atoms with Gasteiger partial charge in [0.25, 0.3) is 11.8 Å². The van der Waals surface area contributed by atoms with Gasteiger partial charge >= 0.3 is 0 Å². The molecule has 27 heavy (non-hydrogen) atoms. The molecule has 3 heterocycles. The second-order valence-corrected chi connectivity index (χ2v) is 8.28. The highest BCUT2D eigenvalue weighted by molar-refractivity contribution is 7.18. The van der Waals surface area contributed by atoms with Crippen molar-refractivity contribution in [3.8, 4) is 0 Å². The number of rotatable bonds is 3. The Labute approximate surface area is 161 Å². The summed E-state index contributed by atoms with van der Waals surface area (Å²) in [6.45, 7) is 1.36. The van der Waals surface area contributed by atoms with Gasteiger partial charge in [0.15, 0.2) is 11.7 Å². The Morgan fingerprint density at radius 1 is 1.00 bits per heavy atom. The molecule has 6 heteroatoms. The van der Waals surface area contributed by atoms with Crippen LogP contribution in [0.3, 0.4) is 0 Å². The summed E-state index contributed by atoms with van der Waals surface area (Å²) in [7, 11) is 0. The summed E-state index contributed by atoms with van der Waals surface area (Å²) in [6.07, 6.45) is 3.31. The molecule has 5 nitrogen and oxygen atoms in total. The molecule has 0 aliphatic carbocycles. The third-order valence-corrected chi connectivity index (χ3v) is 6.73. The Morgan fingerprint density at radius 2 is 1.70 bits per heavy atom. The number of imide groups is 1. The molecule has 3 aromatic rings. The molecule has 1 fully saturated rings. The number of piperidine rings is 1. The van der Waals surface area contributed by atoms with Gasteiger partial charge in [-0.15, -0.1) is 11.3 Å². The van der Waals surface area contributed by atoms with Gasteiger partial charge in [0.2, 0.25) is 0 Å². The Bertz CT molecular complexity index is 977. The van der Waals surface area contributed by atoms with E-state index in [1.807, 2.05) is 30.3 Å². The molecule has 2 atom stereocenters. The minimum atomic E-state index is -0.170. The number of thiazole rings is 1. The third kappa shape index (κ3) is 2.76. The second kappa shape index (κ2) is 6.55. The van der Waals surface area contributed by atoms with Crippen molar-refractivity contribution in [2.24, 2.45) is 0 Å². The molecule has 0 bridgehead atoms. The topological polar surface area (TPSA) is 54.7 Å². The van der Waals surface area contributed by atoms with Gasteiger partial charge in [0.05, 0.1) is 27.9 Å². The number of para-hydroxylation sites is 1.